The summed E-state index contributed by atoms with van der Waals surface area (Å²) in [5, 5.41) is 4.46. The molecule has 5 heteroatoms. The van der Waals surface area contributed by atoms with Crippen LogP contribution >= 0.6 is 15.9 Å². The Morgan fingerprint density at radius 1 is 1.50 bits per heavy atom. The van der Waals surface area contributed by atoms with Crippen molar-refractivity contribution in [2.75, 3.05) is 5.73 Å². The van der Waals surface area contributed by atoms with Gasteiger partial charge in [0.1, 0.15) is 5.82 Å². The molecule has 0 saturated heterocycles. The van der Waals surface area contributed by atoms with E-state index >= 15 is 0 Å². The van der Waals surface area contributed by atoms with Gasteiger partial charge in [0.25, 0.3) is 0 Å². The third-order valence-corrected chi connectivity index (χ3v) is 3.24. The molecule has 14 heavy (non-hydrogen) atoms. The molecule has 1 saturated carbocycles. The lowest BCUT2D eigenvalue weighted by Crippen LogP contribution is -1.98. The van der Waals surface area contributed by atoms with E-state index in [0.29, 0.717) is 11.7 Å². The molecule has 1 fully saturated rings. The van der Waals surface area contributed by atoms with Crippen molar-refractivity contribution in [3.8, 4) is 0 Å². The Bertz CT molecular complexity index is 501. The molecule has 0 amide bonds. The Balaban J connectivity index is 2.33. The zero-order chi connectivity index (χ0) is 9.71. The summed E-state index contributed by atoms with van der Waals surface area (Å²) >= 11 is 3.53. The first-order valence-electron chi connectivity index (χ1n) is 4.56. The number of anilines is 1. The maximum absolute atomic E-state index is 5.80. The molecular weight excluding hydrogens is 244 g/mol. The number of hydrogen-bond acceptors (Lipinski definition) is 3. The summed E-state index contributed by atoms with van der Waals surface area (Å²) in [5.41, 5.74) is 7.70. The molecule has 1 aliphatic rings. The van der Waals surface area contributed by atoms with Crippen LogP contribution in [0, 0.1) is 0 Å². The maximum atomic E-state index is 5.80. The molecule has 4 nitrogen and oxygen atoms in total. The average Bonchev–Trinajstić information content (AvgIpc) is 2.94. The van der Waals surface area contributed by atoms with Crippen molar-refractivity contribution in [2.24, 2.45) is 0 Å². The smallest absolute Gasteiger partial charge is 0.171 e. The third kappa shape index (κ3) is 1.05. The summed E-state index contributed by atoms with van der Waals surface area (Å²) in [6.45, 7) is 0. The van der Waals surface area contributed by atoms with Crippen LogP contribution in [0.15, 0.2) is 16.7 Å². The van der Waals surface area contributed by atoms with E-state index in [0.717, 1.165) is 15.8 Å². The first kappa shape index (κ1) is 8.23. The fraction of sp³-hybridized carbons (Fsp3) is 0.333. The van der Waals surface area contributed by atoms with E-state index in [1.165, 1.54) is 12.8 Å². The Hall–Kier alpha value is -1.10. The monoisotopic (exact) mass is 252 g/mol. The van der Waals surface area contributed by atoms with E-state index in [1.54, 1.807) is 16.8 Å². The number of fused-ring (bicyclic) bond motifs is 1. The second kappa shape index (κ2) is 2.70. The third-order valence-electron chi connectivity index (χ3n) is 2.48. The predicted octanol–water partition coefficient (Wildman–Crippen LogP) is 1.95. The second-order valence-electron chi connectivity index (χ2n) is 3.58. The fourth-order valence-corrected chi connectivity index (χ4v) is 2.24. The van der Waals surface area contributed by atoms with Gasteiger partial charge in [0.05, 0.1) is 10.2 Å². The van der Waals surface area contributed by atoms with E-state index in [-0.39, 0.29) is 0 Å². The van der Waals surface area contributed by atoms with Crippen molar-refractivity contribution in [1.29, 1.82) is 0 Å². The van der Waals surface area contributed by atoms with Gasteiger partial charge < -0.3 is 5.73 Å². The summed E-state index contributed by atoms with van der Waals surface area (Å²) < 4.78 is 2.69. The van der Waals surface area contributed by atoms with Crippen LogP contribution in [-0.2, 0) is 0 Å². The van der Waals surface area contributed by atoms with Crippen LogP contribution in [0.5, 0.6) is 0 Å². The normalized spacial score (nSPS) is 16.4. The SMILES string of the molecule is Nc1ccnc2c(Br)c(C3CC3)nn12. The minimum Gasteiger partial charge on any atom is -0.384 e. The van der Waals surface area contributed by atoms with Gasteiger partial charge in [-0.25, -0.2) is 4.98 Å². The number of nitrogens with zero attached hydrogens (tertiary/aromatic N) is 3. The number of nitrogen functional groups attached to an aromatic ring is 1. The summed E-state index contributed by atoms with van der Waals surface area (Å²) in [7, 11) is 0. The Kier molecular flexibility index (Phi) is 1.58. The van der Waals surface area contributed by atoms with Gasteiger partial charge in [0, 0.05) is 12.1 Å². The topological polar surface area (TPSA) is 56.2 Å². The largest absolute Gasteiger partial charge is 0.384 e. The van der Waals surface area contributed by atoms with E-state index in [1.807, 2.05) is 0 Å². The highest BCUT2D eigenvalue weighted by Crippen LogP contribution is 2.43. The van der Waals surface area contributed by atoms with Crippen molar-refractivity contribution in [3.63, 3.8) is 0 Å². The Morgan fingerprint density at radius 3 is 2.93 bits per heavy atom. The zero-order valence-electron chi connectivity index (χ0n) is 7.44. The standard InChI is InChI=1S/C9H9BrN4/c10-7-8(5-1-2-5)13-14-6(11)3-4-12-9(7)14/h3-5H,1-2,11H2. The molecule has 2 heterocycles. The molecule has 1 aliphatic carbocycles. The first-order valence-corrected chi connectivity index (χ1v) is 5.35. The molecule has 0 atom stereocenters. The molecule has 0 aromatic carbocycles. The summed E-state index contributed by atoms with van der Waals surface area (Å²) in [5.74, 6) is 1.23. The van der Waals surface area contributed by atoms with Crippen molar-refractivity contribution in [3.05, 3.63) is 22.4 Å². The highest BCUT2D eigenvalue weighted by atomic mass is 79.9. The Labute approximate surface area is 89.3 Å². The van der Waals surface area contributed by atoms with E-state index in [9.17, 15) is 0 Å². The summed E-state index contributed by atoms with van der Waals surface area (Å²) in [6, 6.07) is 1.75. The van der Waals surface area contributed by atoms with Crippen molar-refractivity contribution in [1.82, 2.24) is 14.6 Å². The minimum absolute atomic E-state index is 0.602. The molecule has 2 aromatic rings. The minimum atomic E-state index is 0.602. The lowest BCUT2D eigenvalue weighted by Gasteiger charge is -1.95. The fourth-order valence-electron chi connectivity index (χ4n) is 1.57. The molecule has 2 N–H and O–H groups in total. The van der Waals surface area contributed by atoms with Gasteiger partial charge >= 0.3 is 0 Å². The number of nitrogens with two attached hydrogens (primary N) is 1. The lowest BCUT2D eigenvalue weighted by atomic mass is 10.3. The first-order chi connectivity index (χ1) is 6.77. The summed E-state index contributed by atoms with van der Waals surface area (Å²) in [4.78, 5) is 4.25. The van der Waals surface area contributed by atoms with Gasteiger partial charge in [-0.15, -0.1) is 0 Å². The number of aromatic nitrogens is 3. The lowest BCUT2D eigenvalue weighted by molar-refractivity contribution is 0.889. The molecule has 0 unspecified atom stereocenters. The second-order valence-corrected chi connectivity index (χ2v) is 4.37. The highest BCUT2D eigenvalue weighted by molar-refractivity contribution is 9.10. The molecule has 0 radical (unpaired) electrons. The van der Waals surface area contributed by atoms with Crippen LogP contribution in [0.3, 0.4) is 0 Å². The Morgan fingerprint density at radius 2 is 2.29 bits per heavy atom. The van der Waals surface area contributed by atoms with Crippen molar-refractivity contribution in [2.45, 2.75) is 18.8 Å². The quantitative estimate of drug-likeness (QED) is 0.845. The number of rotatable bonds is 1. The van der Waals surface area contributed by atoms with Gasteiger partial charge in [-0.2, -0.15) is 9.61 Å². The van der Waals surface area contributed by atoms with Crippen LogP contribution in [0.25, 0.3) is 5.65 Å². The van der Waals surface area contributed by atoms with Crippen LogP contribution in [-0.4, -0.2) is 14.6 Å². The van der Waals surface area contributed by atoms with Crippen LogP contribution in [0.2, 0.25) is 0 Å². The van der Waals surface area contributed by atoms with Gasteiger partial charge in [-0.05, 0) is 34.8 Å². The van der Waals surface area contributed by atoms with Gasteiger partial charge in [-0.3, -0.25) is 0 Å². The van der Waals surface area contributed by atoms with Crippen LogP contribution < -0.4 is 5.73 Å². The predicted molar refractivity (Wildman–Crippen MR) is 57.1 cm³/mol. The zero-order valence-corrected chi connectivity index (χ0v) is 9.03. The molecular formula is C9H9BrN4. The van der Waals surface area contributed by atoms with Crippen LogP contribution in [0.4, 0.5) is 5.82 Å². The van der Waals surface area contributed by atoms with E-state index in [2.05, 4.69) is 26.0 Å². The van der Waals surface area contributed by atoms with Crippen molar-refractivity contribution < 1.29 is 0 Å². The van der Waals surface area contributed by atoms with Crippen LogP contribution in [0.1, 0.15) is 24.5 Å². The van der Waals surface area contributed by atoms with Gasteiger partial charge in [-0.1, -0.05) is 0 Å². The molecule has 0 spiro atoms. The average molecular weight is 253 g/mol. The number of hydrogen-bond donors (Lipinski definition) is 1. The number of halogens is 1. The van der Waals surface area contributed by atoms with E-state index in [4.69, 9.17) is 5.73 Å². The molecule has 2 aromatic heterocycles. The van der Waals surface area contributed by atoms with Crippen molar-refractivity contribution >= 4 is 27.4 Å². The molecule has 3 rings (SSSR count). The molecule has 0 aliphatic heterocycles. The molecule has 0 bridgehead atoms. The summed E-state index contributed by atoms with van der Waals surface area (Å²) in [6.07, 6.45) is 4.15. The maximum Gasteiger partial charge on any atom is 0.171 e. The molecule has 72 valence electrons. The van der Waals surface area contributed by atoms with Gasteiger partial charge in [0.15, 0.2) is 5.65 Å². The van der Waals surface area contributed by atoms with Gasteiger partial charge in [0.2, 0.25) is 0 Å². The van der Waals surface area contributed by atoms with E-state index < -0.39 is 0 Å². The highest BCUT2D eigenvalue weighted by Gasteiger charge is 2.30.